The van der Waals surface area contributed by atoms with Crippen LogP contribution in [0.2, 0.25) is 0 Å². The average Bonchev–Trinajstić information content (AvgIpc) is 2.51. The third-order valence-electron chi connectivity index (χ3n) is 1.59. The second-order valence-corrected chi connectivity index (χ2v) is 2.75. The summed E-state index contributed by atoms with van der Waals surface area (Å²) in [5.41, 5.74) is 2.16. The topological polar surface area (TPSA) is 67.8 Å². The number of aliphatic hydroxyl groups is 1. The van der Waals surface area contributed by atoms with Crippen LogP contribution in [0.15, 0.2) is 0 Å². The lowest BCUT2D eigenvalue weighted by Crippen LogP contribution is -2.36. The highest BCUT2D eigenvalue weighted by Gasteiger charge is 2.18. The molecule has 1 heterocycles. The molecule has 0 saturated carbocycles. The van der Waals surface area contributed by atoms with Crippen molar-refractivity contribution in [2.24, 2.45) is 0 Å². The standard InChI is InChI=1S/C7H13NO4/c1-5(9)7(10)8-12-6-2-3-11-4-6/h5-6,9H,2-4H2,1H3,(H,8,10). The maximum Gasteiger partial charge on any atom is 0.272 e. The lowest BCUT2D eigenvalue weighted by molar-refractivity contribution is -0.146. The van der Waals surface area contributed by atoms with Gasteiger partial charge in [-0.2, -0.15) is 0 Å². The summed E-state index contributed by atoms with van der Waals surface area (Å²) in [7, 11) is 0. The van der Waals surface area contributed by atoms with Crippen molar-refractivity contribution in [3.05, 3.63) is 0 Å². The van der Waals surface area contributed by atoms with E-state index >= 15 is 0 Å². The van der Waals surface area contributed by atoms with Crippen molar-refractivity contribution in [2.75, 3.05) is 13.2 Å². The summed E-state index contributed by atoms with van der Waals surface area (Å²) in [5, 5.41) is 8.77. The molecule has 0 aliphatic carbocycles. The van der Waals surface area contributed by atoms with Crippen molar-refractivity contribution in [1.29, 1.82) is 0 Å². The fourth-order valence-electron chi connectivity index (χ4n) is 0.833. The Morgan fingerprint density at radius 2 is 2.58 bits per heavy atom. The molecule has 2 atom stereocenters. The van der Waals surface area contributed by atoms with Crippen LogP contribution in [-0.4, -0.2) is 36.4 Å². The number of rotatable bonds is 3. The Bertz CT molecular complexity index is 153. The van der Waals surface area contributed by atoms with Gasteiger partial charge in [0, 0.05) is 13.0 Å². The van der Waals surface area contributed by atoms with Gasteiger partial charge in [0.2, 0.25) is 0 Å². The number of ether oxygens (including phenoxy) is 1. The molecule has 12 heavy (non-hydrogen) atoms. The zero-order valence-electron chi connectivity index (χ0n) is 6.95. The molecule has 2 unspecified atom stereocenters. The lowest BCUT2D eigenvalue weighted by atomic mass is 10.3. The van der Waals surface area contributed by atoms with Crippen molar-refractivity contribution in [3.8, 4) is 0 Å². The van der Waals surface area contributed by atoms with Crippen molar-refractivity contribution in [3.63, 3.8) is 0 Å². The third kappa shape index (κ3) is 2.77. The Morgan fingerprint density at radius 3 is 3.08 bits per heavy atom. The minimum atomic E-state index is -1.03. The normalized spacial score (nSPS) is 25.3. The number of hydrogen-bond acceptors (Lipinski definition) is 4. The number of nitrogens with one attached hydrogen (secondary N) is 1. The van der Waals surface area contributed by atoms with E-state index in [1.807, 2.05) is 0 Å². The Kier molecular flexibility index (Phi) is 3.46. The van der Waals surface area contributed by atoms with Crippen LogP contribution >= 0.6 is 0 Å². The van der Waals surface area contributed by atoms with Crippen LogP contribution in [0.5, 0.6) is 0 Å². The SMILES string of the molecule is CC(O)C(=O)NOC1CCOC1. The summed E-state index contributed by atoms with van der Waals surface area (Å²) >= 11 is 0. The lowest BCUT2D eigenvalue weighted by Gasteiger charge is -2.10. The summed E-state index contributed by atoms with van der Waals surface area (Å²) in [6.07, 6.45) is -0.333. The van der Waals surface area contributed by atoms with Gasteiger partial charge in [0.25, 0.3) is 5.91 Å². The predicted octanol–water partition coefficient (Wildman–Crippen LogP) is -0.796. The van der Waals surface area contributed by atoms with E-state index in [0.29, 0.717) is 13.2 Å². The quantitative estimate of drug-likeness (QED) is 0.551. The van der Waals surface area contributed by atoms with Crippen molar-refractivity contribution < 1.29 is 19.5 Å². The number of amides is 1. The van der Waals surface area contributed by atoms with Crippen LogP contribution in [0, 0.1) is 0 Å². The number of hydroxylamine groups is 1. The Morgan fingerprint density at radius 1 is 1.83 bits per heavy atom. The molecule has 0 bridgehead atoms. The molecule has 0 radical (unpaired) electrons. The molecule has 2 N–H and O–H groups in total. The van der Waals surface area contributed by atoms with Crippen LogP contribution in [-0.2, 0) is 14.4 Å². The van der Waals surface area contributed by atoms with Crippen LogP contribution < -0.4 is 5.48 Å². The molecule has 1 aliphatic heterocycles. The Labute approximate surface area is 70.6 Å². The zero-order chi connectivity index (χ0) is 8.97. The molecule has 1 rings (SSSR count). The smallest absolute Gasteiger partial charge is 0.272 e. The molecular formula is C7H13NO4. The molecule has 1 aliphatic rings. The summed E-state index contributed by atoms with van der Waals surface area (Å²) < 4.78 is 5.01. The van der Waals surface area contributed by atoms with Crippen molar-refractivity contribution >= 4 is 5.91 Å². The number of hydrogen-bond donors (Lipinski definition) is 2. The molecule has 1 amide bonds. The van der Waals surface area contributed by atoms with Gasteiger partial charge in [-0.05, 0) is 6.92 Å². The van der Waals surface area contributed by atoms with Gasteiger partial charge in [-0.1, -0.05) is 0 Å². The molecule has 0 aromatic rings. The van der Waals surface area contributed by atoms with Crippen molar-refractivity contribution in [2.45, 2.75) is 25.6 Å². The summed E-state index contributed by atoms with van der Waals surface area (Å²) in [6.45, 7) is 2.54. The van der Waals surface area contributed by atoms with Gasteiger partial charge >= 0.3 is 0 Å². The van der Waals surface area contributed by atoms with E-state index in [0.717, 1.165) is 6.42 Å². The van der Waals surface area contributed by atoms with Gasteiger partial charge in [0.15, 0.2) is 0 Å². The Hall–Kier alpha value is -0.650. The molecule has 0 aromatic carbocycles. The highest BCUT2D eigenvalue weighted by molar-refractivity contribution is 5.78. The highest BCUT2D eigenvalue weighted by atomic mass is 16.7. The average molecular weight is 175 g/mol. The van der Waals surface area contributed by atoms with Gasteiger partial charge in [-0.3, -0.25) is 9.63 Å². The van der Waals surface area contributed by atoms with Crippen LogP contribution in [0.1, 0.15) is 13.3 Å². The maximum atomic E-state index is 10.8. The maximum absolute atomic E-state index is 10.8. The summed E-state index contributed by atoms with van der Waals surface area (Å²) in [6, 6.07) is 0. The molecular weight excluding hydrogens is 162 g/mol. The molecule has 5 heteroatoms. The van der Waals surface area contributed by atoms with E-state index in [4.69, 9.17) is 14.7 Å². The predicted molar refractivity (Wildman–Crippen MR) is 40.1 cm³/mol. The van der Waals surface area contributed by atoms with Crippen molar-refractivity contribution in [1.82, 2.24) is 5.48 Å². The van der Waals surface area contributed by atoms with Crippen LogP contribution in [0.25, 0.3) is 0 Å². The monoisotopic (exact) mass is 175 g/mol. The number of carbonyl (C=O) groups is 1. The first-order chi connectivity index (χ1) is 5.70. The van der Waals surface area contributed by atoms with E-state index in [2.05, 4.69) is 5.48 Å². The zero-order valence-corrected chi connectivity index (χ0v) is 6.95. The molecule has 1 fully saturated rings. The molecule has 0 aromatic heterocycles. The van der Waals surface area contributed by atoms with E-state index in [-0.39, 0.29) is 6.10 Å². The second kappa shape index (κ2) is 4.39. The number of aliphatic hydroxyl groups excluding tert-OH is 1. The summed E-state index contributed by atoms with van der Waals surface area (Å²) in [4.78, 5) is 15.7. The van der Waals surface area contributed by atoms with Crippen LogP contribution in [0.4, 0.5) is 0 Å². The van der Waals surface area contributed by atoms with E-state index < -0.39 is 12.0 Å². The first-order valence-electron chi connectivity index (χ1n) is 3.91. The van der Waals surface area contributed by atoms with Gasteiger partial charge < -0.3 is 9.84 Å². The van der Waals surface area contributed by atoms with Gasteiger partial charge in [0.1, 0.15) is 12.2 Å². The van der Waals surface area contributed by atoms with E-state index in [1.54, 1.807) is 0 Å². The molecule has 1 saturated heterocycles. The molecule has 70 valence electrons. The first-order valence-corrected chi connectivity index (χ1v) is 3.91. The minimum absolute atomic E-state index is 0.0762. The highest BCUT2D eigenvalue weighted by Crippen LogP contribution is 2.05. The fraction of sp³-hybridized carbons (Fsp3) is 0.857. The van der Waals surface area contributed by atoms with E-state index in [1.165, 1.54) is 6.92 Å². The largest absolute Gasteiger partial charge is 0.383 e. The van der Waals surface area contributed by atoms with Gasteiger partial charge in [-0.25, -0.2) is 5.48 Å². The number of carbonyl (C=O) groups excluding carboxylic acids is 1. The molecule has 0 spiro atoms. The minimum Gasteiger partial charge on any atom is -0.383 e. The second-order valence-electron chi connectivity index (χ2n) is 2.75. The van der Waals surface area contributed by atoms with Gasteiger partial charge in [0.05, 0.1) is 6.61 Å². The van der Waals surface area contributed by atoms with Crippen LogP contribution in [0.3, 0.4) is 0 Å². The van der Waals surface area contributed by atoms with E-state index in [9.17, 15) is 4.79 Å². The Balaban J connectivity index is 2.12. The molecule has 5 nitrogen and oxygen atoms in total. The fourth-order valence-corrected chi connectivity index (χ4v) is 0.833. The third-order valence-corrected chi connectivity index (χ3v) is 1.59. The summed E-state index contributed by atoms with van der Waals surface area (Å²) in [5.74, 6) is -0.526. The first kappa shape index (κ1) is 9.44. The van der Waals surface area contributed by atoms with Gasteiger partial charge in [-0.15, -0.1) is 0 Å².